The Morgan fingerprint density at radius 3 is 2.28 bits per heavy atom. The van der Waals surface area contributed by atoms with E-state index >= 15 is 0 Å². The molecule has 0 aliphatic heterocycles. The highest BCUT2D eigenvalue weighted by Crippen LogP contribution is 2.15. The van der Waals surface area contributed by atoms with Crippen molar-refractivity contribution in [2.45, 2.75) is 33.0 Å². The van der Waals surface area contributed by atoms with E-state index in [4.69, 9.17) is 5.11 Å². The first kappa shape index (κ1) is 14.9. The van der Waals surface area contributed by atoms with Gasteiger partial charge in [-0.2, -0.15) is 8.78 Å². The number of rotatable bonds is 7. The van der Waals surface area contributed by atoms with Crippen LogP contribution in [-0.2, 0) is 6.54 Å². The molecule has 0 saturated carbocycles. The SMILES string of the molecule is CC(C)[C@@H](CO)NCc1ccc(OC(F)F)cc1. The third-order valence-corrected chi connectivity index (χ3v) is 2.72. The van der Waals surface area contributed by atoms with Gasteiger partial charge in [0.05, 0.1) is 6.61 Å². The summed E-state index contributed by atoms with van der Waals surface area (Å²) < 4.78 is 28.2. The Kier molecular flexibility index (Phi) is 6.01. The summed E-state index contributed by atoms with van der Waals surface area (Å²) in [6, 6.07) is 6.49. The molecule has 0 aromatic heterocycles. The highest BCUT2D eigenvalue weighted by Gasteiger charge is 2.11. The van der Waals surface area contributed by atoms with Gasteiger partial charge in [0.2, 0.25) is 0 Å². The van der Waals surface area contributed by atoms with Crippen molar-refractivity contribution in [3.8, 4) is 5.75 Å². The molecule has 1 atom stereocenters. The first-order valence-electron chi connectivity index (χ1n) is 5.91. The summed E-state index contributed by atoms with van der Waals surface area (Å²) in [5.74, 6) is 0.479. The summed E-state index contributed by atoms with van der Waals surface area (Å²) in [5, 5.41) is 12.4. The van der Waals surface area contributed by atoms with Crippen LogP contribution >= 0.6 is 0 Å². The lowest BCUT2D eigenvalue weighted by Gasteiger charge is -2.20. The van der Waals surface area contributed by atoms with Crippen LogP contribution in [0.1, 0.15) is 19.4 Å². The number of aliphatic hydroxyl groups is 1. The quantitative estimate of drug-likeness (QED) is 0.790. The van der Waals surface area contributed by atoms with Gasteiger partial charge in [0.15, 0.2) is 0 Å². The summed E-state index contributed by atoms with van der Waals surface area (Å²) in [4.78, 5) is 0. The van der Waals surface area contributed by atoms with Crippen LogP contribution in [0.4, 0.5) is 8.78 Å². The molecule has 0 amide bonds. The molecule has 2 N–H and O–H groups in total. The predicted molar refractivity (Wildman–Crippen MR) is 65.6 cm³/mol. The lowest BCUT2D eigenvalue weighted by Crippen LogP contribution is -2.36. The molecule has 102 valence electrons. The van der Waals surface area contributed by atoms with Crippen molar-refractivity contribution in [2.24, 2.45) is 5.92 Å². The smallest absolute Gasteiger partial charge is 0.387 e. The van der Waals surface area contributed by atoms with Crippen LogP contribution in [0.3, 0.4) is 0 Å². The molecule has 0 bridgehead atoms. The van der Waals surface area contributed by atoms with Crippen molar-refractivity contribution >= 4 is 0 Å². The van der Waals surface area contributed by atoms with Crippen LogP contribution in [-0.4, -0.2) is 24.4 Å². The van der Waals surface area contributed by atoms with Crippen LogP contribution < -0.4 is 10.1 Å². The van der Waals surface area contributed by atoms with Crippen molar-refractivity contribution in [3.05, 3.63) is 29.8 Å². The van der Waals surface area contributed by atoms with Gasteiger partial charge in [-0.1, -0.05) is 26.0 Å². The number of aliphatic hydroxyl groups excluding tert-OH is 1. The molecule has 0 fully saturated rings. The Balaban J connectivity index is 2.48. The van der Waals surface area contributed by atoms with Gasteiger partial charge in [0.1, 0.15) is 5.75 Å². The third kappa shape index (κ3) is 4.98. The van der Waals surface area contributed by atoms with Gasteiger partial charge in [-0.3, -0.25) is 0 Å². The molecule has 0 aliphatic rings. The number of benzene rings is 1. The Hall–Kier alpha value is -1.20. The lowest BCUT2D eigenvalue weighted by molar-refractivity contribution is -0.0498. The minimum atomic E-state index is -2.80. The van der Waals surface area contributed by atoms with Crippen molar-refractivity contribution < 1.29 is 18.6 Å². The van der Waals surface area contributed by atoms with Crippen molar-refractivity contribution in [3.63, 3.8) is 0 Å². The topological polar surface area (TPSA) is 41.5 Å². The molecule has 0 spiro atoms. The van der Waals surface area contributed by atoms with Crippen LogP contribution in [0.25, 0.3) is 0 Å². The molecule has 1 rings (SSSR count). The van der Waals surface area contributed by atoms with E-state index in [9.17, 15) is 8.78 Å². The van der Waals surface area contributed by atoms with E-state index in [2.05, 4.69) is 10.1 Å². The van der Waals surface area contributed by atoms with Crippen molar-refractivity contribution in [1.82, 2.24) is 5.32 Å². The second kappa shape index (κ2) is 7.28. The van der Waals surface area contributed by atoms with E-state index < -0.39 is 6.61 Å². The first-order chi connectivity index (χ1) is 8.52. The summed E-state index contributed by atoms with van der Waals surface area (Å²) in [6.07, 6.45) is 0. The summed E-state index contributed by atoms with van der Waals surface area (Å²) in [5.41, 5.74) is 0.954. The first-order valence-corrected chi connectivity index (χ1v) is 5.91. The Morgan fingerprint density at radius 1 is 1.22 bits per heavy atom. The van der Waals surface area contributed by atoms with Gasteiger partial charge in [-0.25, -0.2) is 0 Å². The van der Waals surface area contributed by atoms with E-state index in [1.807, 2.05) is 13.8 Å². The maximum absolute atomic E-state index is 11.9. The highest BCUT2D eigenvalue weighted by molar-refractivity contribution is 5.27. The number of alkyl halides is 2. The van der Waals surface area contributed by atoms with Gasteiger partial charge < -0.3 is 15.2 Å². The second-order valence-electron chi connectivity index (χ2n) is 4.44. The van der Waals surface area contributed by atoms with Crippen LogP contribution in [0.15, 0.2) is 24.3 Å². The Morgan fingerprint density at radius 2 is 1.83 bits per heavy atom. The molecule has 18 heavy (non-hydrogen) atoms. The monoisotopic (exact) mass is 259 g/mol. The van der Waals surface area contributed by atoms with Gasteiger partial charge in [-0.15, -0.1) is 0 Å². The minimum absolute atomic E-state index is 0.0296. The Labute approximate surface area is 106 Å². The summed E-state index contributed by atoms with van der Waals surface area (Å²) >= 11 is 0. The normalized spacial score (nSPS) is 13.1. The maximum Gasteiger partial charge on any atom is 0.387 e. The molecule has 0 heterocycles. The average Bonchev–Trinajstić information content (AvgIpc) is 2.31. The van der Waals surface area contributed by atoms with Gasteiger partial charge >= 0.3 is 6.61 Å². The van der Waals surface area contributed by atoms with E-state index in [1.165, 1.54) is 12.1 Å². The number of halogens is 2. The molecule has 1 aromatic rings. The van der Waals surface area contributed by atoms with Crippen molar-refractivity contribution in [1.29, 1.82) is 0 Å². The zero-order valence-electron chi connectivity index (χ0n) is 10.6. The molecule has 0 unspecified atom stereocenters. The lowest BCUT2D eigenvalue weighted by atomic mass is 10.1. The Bertz CT molecular complexity index is 341. The van der Waals surface area contributed by atoms with Crippen molar-refractivity contribution in [2.75, 3.05) is 6.61 Å². The number of nitrogens with one attached hydrogen (secondary N) is 1. The fourth-order valence-electron chi connectivity index (χ4n) is 1.55. The fraction of sp³-hybridized carbons (Fsp3) is 0.538. The molecular weight excluding hydrogens is 240 g/mol. The van der Waals surface area contributed by atoms with E-state index in [0.717, 1.165) is 5.56 Å². The molecule has 0 saturated heterocycles. The molecule has 1 aromatic carbocycles. The summed E-state index contributed by atoms with van der Waals surface area (Å²) in [7, 11) is 0. The number of hydrogen-bond donors (Lipinski definition) is 2. The van der Waals surface area contributed by atoms with Crippen LogP contribution in [0.2, 0.25) is 0 Å². The predicted octanol–water partition coefficient (Wildman–Crippen LogP) is 2.39. The molecule has 3 nitrogen and oxygen atoms in total. The van der Waals surface area contributed by atoms with E-state index in [1.54, 1.807) is 12.1 Å². The zero-order chi connectivity index (χ0) is 13.5. The standard InChI is InChI=1S/C13H19F2NO2/c1-9(2)12(8-17)16-7-10-3-5-11(6-4-10)18-13(14)15/h3-6,9,12-13,16-17H,7-8H2,1-2H3/t12-/m1/s1. The van der Waals surface area contributed by atoms with Crippen LogP contribution in [0, 0.1) is 5.92 Å². The van der Waals surface area contributed by atoms with E-state index in [0.29, 0.717) is 12.5 Å². The summed E-state index contributed by atoms with van der Waals surface area (Å²) in [6.45, 7) is 1.90. The molecule has 0 aliphatic carbocycles. The van der Waals surface area contributed by atoms with E-state index in [-0.39, 0.29) is 18.4 Å². The largest absolute Gasteiger partial charge is 0.435 e. The number of hydrogen-bond acceptors (Lipinski definition) is 3. The highest BCUT2D eigenvalue weighted by atomic mass is 19.3. The zero-order valence-corrected chi connectivity index (χ0v) is 10.6. The van der Waals surface area contributed by atoms with Gasteiger partial charge in [0.25, 0.3) is 0 Å². The molecule has 5 heteroatoms. The molecule has 0 radical (unpaired) electrons. The minimum Gasteiger partial charge on any atom is -0.435 e. The second-order valence-corrected chi connectivity index (χ2v) is 4.44. The van der Waals surface area contributed by atoms with Gasteiger partial charge in [0, 0.05) is 12.6 Å². The third-order valence-electron chi connectivity index (χ3n) is 2.72. The average molecular weight is 259 g/mol. The van der Waals surface area contributed by atoms with Crippen LogP contribution in [0.5, 0.6) is 5.75 Å². The van der Waals surface area contributed by atoms with Gasteiger partial charge in [-0.05, 0) is 23.6 Å². The molecular formula is C13H19F2NO2. The maximum atomic E-state index is 11.9. The number of ether oxygens (including phenoxy) is 1. The fourth-order valence-corrected chi connectivity index (χ4v) is 1.55.